The maximum Gasteiger partial charge on any atom is 0.416 e. The summed E-state index contributed by atoms with van der Waals surface area (Å²) in [5.74, 6) is 2.45. The number of alkyl halides is 3. The van der Waals surface area contributed by atoms with Crippen LogP contribution in [-0.4, -0.2) is 15.0 Å². The number of nitrogens with zero attached hydrogens (tertiary/aromatic N) is 3. The van der Waals surface area contributed by atoms with Crippen molar-refractivity contribution in [3.05, 3.63) is 197 Å². The molecule has 1 saturated carbocycles. The van der Waals surface area contributed by atoms with Crippen LogP contribution in [0.4, 0.5) is 13.2 Å². The van der Waals surface area contributed by atoms with Gasteiger partial charge in [-0.25, -0.2) is 15.0 Å². The average Bonchev–Trinajstić information content (AvgIpc) is 3.56. The van der Waals surface area contributed by atoms with E-state index < -0.39 is 22.8 Å². The molecule has 1 spiro atoms. The standard InChI is InChI=1S/C57H46F3N3O/c1-53(2)33-54(3,4)35-55(34-53)46-32-41(57(58,59)60)28-29-44(46)47-42-22-14-15-23-43(42)49-45(48(47)55)30-31-56(64-49,39-20-12-7-13-21-39)40-26-24-38(25-27-40)52-62-50(36-16-8-5-9-17-36)61-51(63-52)37-18-10-6-11-19-37/h5-32H,33-35H2,1-4H3. The quantitative estimate of drug-likeness (QED) is 0.173. The molecule has 0 bridgehead atoms. The van der Waals surface area contributed by atoms with Crippen molar-refractivity contribution in [1.82, 2.24) is 15.0 Å². The van der Waals surface area contributed by atoms with Gasteiger partial charge in [0, 0.05) is 44.2 Å². The van der Waals surface area contributed by atoms with Crippen LogP contribution >= 0.6 is 0 Å². The van der Waals surface area contributed by atoms with Gasteiger partial charge in [-0.15, -0.1) is 0 Å². The third kappa shape index (κ3) is 6.46. The van der Waals surface area contributed by atoms with Crippen molar-refractivity contribution >= 4 is 16.8 Å². The van der Waals surface area contributed by atoms with E-state index in [-0.39, 0.29) is 10.8 Å². The molecule has 316 valence electrons. The molecule has 64 heavy (non-hydrogen) atoms. The van der Waals surface area contributed by atoms with Crippen LogP contribution in [0.3, 0.4) is 0 Å². The van der Waals surface area contributed by atoms with Crippen LogP contribution in [0.2, 0.25) is 0 Å². The van der Waals surface area contributed by atoms with Gasteiger partial charge < -0.3 is 4.74 Å². The first-order valence-electron chi connectivity index (χ1n) is 22.0. The third-order valence-electron chi connectivity index (χ3n) is 13.6. The van der Waals surface area contributed by atoms with E-state index in [1.165, 1.54) is 12.1 Å². The molecule has 0 amide bonds. The van der Waals surface area contributed by atoms with E-state index in [4.69, 9.17) is 19.7 Å². The van der Waals surface area contributed by atoms with Gasteiger partial charge in [0.1, 0.15) is 5.75 Å². The molecule has 3 aliphatic rings. The molecule has 11 rings (SSSR count). The number of rotatable bonds is 5. The zero-order valence-corrected chi connectivity index (χ0v) is 36.2. The van der Waals surface area contributed by atoms with Gasteiger partial charge in [0.25, 0.3) is 0 Å². The number of fused-ring (bicyclic) bond motifs is 10. The Kier molecular flexibility index (Phi) is 8.95. The summed E-state index contributed by atoms with van der Waals surface area (Å²) in [4.78, 5) is 14.9. The highest BCUT2D eigenvalue weighted by molar-refractivity contribution is 6.08. The minimum Gasteiger partial charge on any atom is -0.472 e. The first-order valence-corrected chi connectivity index (χ1v) is 22.0. The van der Waals surface area contributed by atoms with Crippen LogP contribution in [0, 0.1) is 10.8 Å². The van der Waals surface area contributed by atoms with Gasteiger partial charge in [0.15, 0.2) is 23.1 Å². The summed E-state index contributed by atoms with van der Waals surface area (Å²) < 4.78 is 51.5. The van der Waals surface area contributed by atoms with Gasteiger partial charge in [-0.1, -0.05) is 179 Å². The predicted molar refractivity (Wildman–Crippen MR) is 250 cm³/mol. The van der Waals surface area contributed by atoms with Crippen LogP contribution in [0.5, 0.6) is 5.75 Å². The average molecular weight is 846 g/mol. The Balaban J connectivity index is 1.10. The van der Waals surface area contributed by atoms with Gasteiger partial charge in [-0.3, -0.25) is 0 Å². The highest BCUT2D eigenvalue weighted by Gasteiger charge is 2.56. The summed E-state index contributed by atoms with van der Waals surface area (Å²) in [7, 11) is 0. The molecule has 1 atom stereocenters. The molecule has 0 radical (unpaired) electrons. The molecular weight excluding hydrogens is 800 g/mol. The molecule has 0 saturated heterocycles. The van der Waals surface area contributed by atoms with Crippen LogP contribution in [0.25, 0.3) is 62.1 Å². The summed E-state index contributed by atoms with van der Waals surface area (Å²) in [6.07, 6.45) is 2.26. The minimum absolute atomic E-state index is 0.148. The summed E-state index contributed by atoms with van der Waals surface area (Å²) in [5, 5.41) is 1.89. The first-order chi connectivity index (χ1) is 30.7. The second-order valence-electron chi connectivity index (χ2n) is 19.4. The Labute approximate surface area is 371 Å². The van der Waals surface area contributed by atoms with Gasteiger partial charge in [0.05, 0.1) is 5.56 Å². The Hall–Kier alpha value is -6.86. The Morgan fingerprint density at radius 1 is 0.531 bits per heavy atom. The zero-order chi connectivity index (χ0) is 44.1. The van der Waals surface area contributed by atoms with Crippen molar-refractivity contribution in [3.63, 3.8) is 0 Å². The van der Waals surface area contributed by atoms with Crippen molar-refractivity contribution in [2.45, 2.75) is 64.1 Å². The summed E-state index contributed by atoms with van der Waals surface area (Å²) in [6, 6.07) is 51.0. The lowest BCUT2D eigenvalue weighted by molar-refractivity contribution is -0.137. The molecular formula is C57H46F3N3O. The highest BCUT2D eigenvalue weighted by Crippen LogP contribution is 2.67. The number of halogens is 3. The largest absolute Gasteiger partial charge is 0.472 e. The maximum atomic E-state index is 14.6. The molecule has 7 heteroatoms. The molecule has 8 aromatic rings. The fourth-order valence-electron chi connectivity index (χ4n) is 11.8. The van der Waals surface area contributed by atoms with Gasteiger partial charge in [-0.2, -0.15) is 13.2 Å². The topological polar surface area (TPSA) is 47.9 Å². The Morgan fingerprint density at radius 3 is 1.59 bits per heavy atom. The molecule has 2 heterocycles. The molecule has 1 aliphatic heterocycles. The lowest BCUT2D eigenvalue weighted by Gasteiger charge is -2.52. The second-order valence-corrected chi connectivity index (χ2v) is 19.4. The molecule has 1 fully saturated rings. The van der Waals surface area contributed by atoms with Gasteiger partial charge >= 0.3 is 6.18 Å². The van der Waals surface area contributed by atoms with E-state index in [9.17, 15) is 13.2 Å². The molecule has 4 nitrogen and oxygen atoms in total. The van der Waals surface area contributed by atoms with Crippen LogP contribution < -0.4 is 4.74 Å². The molecule has 1 unspecified atom stereocenters. The van der Waals surface area contributed by atoms with E-state index in [1.54, 1.807) is 6.07 Å². The molecule has 1 aromatic heterocycles. The van der Waals surface area contributed by atoms with Crippen molar-refractivity contribution < 1.29 is 17.9 Å². The first kappa shape index (κ1) is 40.0. The summed E-state index contributed by atoms with van der Waals surface area (Å²) >= 11 is 0. The van der Waals surface area contributed by atoms with Gasteiger partial charge in [-0.05, 0) is 75.9 Å². The van der Waals surface area contributed by atoms with E-state index >= 15 is 0 Å². The number of aromatic nitrogens is 3. The fourth-order valence-corrected chi connectivity index (χ4v) is 11.8. The molecule has 2 aliphatic carbocycles. The Morgan fingerprint density at radius 2 is 1.03 bits per heavy atom. The molecule has 7 aromatic carbocycles. The zero-order valence-electron chi connectivity index (χ0n) is 36.2. The van der Waals surface area contributed by atoms with Crippen molar-refractivity contribution in [1.29, 1.82) is 0 Å². The van der Waals surface area contributed by atoms with Crippen molar-refractivity contribution in [2.75, 3.05) is 0 Å². The van der Waals surface area contributed by atoms with Crippen LogP contribution in [-0.2, 0) is 17.2 Å². The Bertz CT molecular complexity index is 3070. The smallest absolute Gasteiger partial charge is 0.416 e. The minimum atomic E-state index is -4.47. The van der Waals surface area contributed by atoms with E-state index in [0.29, 0.717) is 30.3 Å². The SMILES string of the molecule is CC1(C)CC(C)(C)CC2(C1)c1cc(C(F)(F)F)ccc1-c1c2c2c(c3ccccc13)OC(c1ccccc1)(c1ccc(-c3nc(-c4ccccc4)nc(-c4ccccc4)n3)cc1)C=C2. The predicted octanol–water partition coefficient (Wildman–Crippen LogP) is 14.9. The van der Waals surface area contributed by atoms with E-state index in [2.05, 4.69) is 76.2 Å². The van der Waals surface area contributed by atoms with E-state index in [1.807, 2.05) is 103 Å². The lowest BCUT2D eigenvalue weighted by Crippen LogP contribution is -2.44. The second kappa shape index (κ2) is 14.3. The van der Waals surface area contributed by atoms with Crippen LogP contribution in [0.1, 0.15) is 80.3 Å². The van der Waals surface area contributed by atoms with Crippen LogP contribution in [0.15, 0.2) is 164 Å². The third-order valence-corrected chi connectivity index (χ3v) is 13.6. The van der Waals surface area contributed by atoms with Crippen molar-refractivity contribution in [2.24, 2.45) is 10.8 Å². The summed E-state index contributed by atoms with van der Waals surface area (Å²) in [5.41, 5.74) is 6.48. The normalized spacial score (nSPS) is 18.9. The highest BCUT2D eigenvalue weighted by atomic mass is 19.4. The lowest BCUT2D eigenvalue weighted by atomic mass is 9.52. The number of hydrogen-bond acceptors (Lipinski definition) is 4. The maximum absolute atomic E-state index is 14.6. The van der Waals surface area contributed by atoms with E-state index in [0.717, 1.165) is 78.6 Å². The number of ether oxygens (including phenoxy) is 1. The summed E-state index contributed by atoms with van der Waals surface area (Å²) in [6.45, 7) is 9.08. The molecule has 0 N–H and O–H groups in total. The number of benzene rings is 7. The van der Waals surface area contributed by atoms with Crippen molar-refractivity contribution in [3.8, 4) is 51.0 Å². The fraction of sp³-hybridized carbons (Fsp3) is 0.211. The van der Waals surface area contributed by atoms with Gasteiger partial charge in [0.2, 0.25) is 0 Å². The number of hydrogen-bond donors (Lipinski definition) is 0. The monoisotopic (exact) mass is 845 g/mol.